The summed E-state index contributed by atoms with van der Waals surface area (Å²) in [4.78, 5) is 6.50. The maximum absolute atomic E-state index is 5.67. The van der Waals surface area contributed by atoms with Crippen LogP contribution in [0.1, 0.15) is 18.9 Å². The van der Waals surface area contributed by atoms with Crippen molar-refractivity contribution in [3.8, 4) is 0 Å². The minimum atomic E-state index is 0.643. The van der Waals surface area contributed by atoms with Gasteiger partial charge in [-0.2, -0.15) is 9.61 Å². The zero-order valence-corrected chi connectivity index (χ0v) is 10.4. The molecular formula is C12H19N5. The second-order valence-electron chi connectivity index (χ2n) is 4.20. The normalized spacial score (nSPS) is 11.0. The van der Waals surface area contributed by atoms with E-state index in [0.29, 0.717) is 6.54 Å². The first kappa shape index (κ1) is 11.9. The Morgan fingerprint density at radius 2 is 2.18 bits per heavy atom. The van der Waals surface area contributed by atoms with Crippen LogP contribution in [0.5, 0.6) is 0 Å². The maximum Gasteiger partial charge on any atom is 0.157 e. The van der Waals surface area contributed by atoms with Gasteiger partial charge in [0.25, 0.3) is 0 Å². The molecule has 5 nitrogen and oxygen atoms in total. The highest BCUT2D eigenvalue weighted by atomic mass is 15.4. The molecule has 0 saturated carbocycles. The van der Waals surface area contributed by atoms with Crippen molar-refractivity contribution >= 4 is 11.5 Å². The summed E-state index contributed by atoms with van der Waals surface area (Å²) >= 11 is 0. The highest BCUT2D eigenvalue weighted by Gasteiger charge is 2.10. The Bertz CT molecular complexity index is 485. The molecule has 0 aliphatic carbocycles. The molecule has 2 aromatic heterocycles. The summed E-state index contributed by atoms with van der Waals surface area (Å²) in [6.45, 7) is 6.70. The highest BCUT2D eigenvalue weighted by molar-refractivity contribution is 5.52. The van der Waals surface area contributed by atoms with Crippen LogP contribution in [0.25, 0.3) is 5.65 Å². The number of aromatic nitrogens is 3. The van der Waals surface area contributed by atoms with E-state index >= 15 is 0 Å². The first-order valence-electron chi connectivity index (χ1n) is 6.01. The summed E-state index contributed by atoms with van der Waals surface area (Å²) in [6, 6.07) is 4.16. The summed E-state index contributed by atoms with van der Waals surface area (Å²) in [5, 5.41) is 4.27. The SMILES string of the molecule is CCCN(CCN)c1cc(C)cc2ncnn12. The van der Waals surface area contributed by atoms with Crippen molar-refractivity contribution in [1.29, 1.82) is 0 Å². The Morgan fingerprint density at radius 1 is 1.35 bits per heavy atom. The highest BCUT2D eigenvalue weighted by Crippen LogP contribution is 2.17. The number of rotatable bonds is 5. The molecule has 0 aliphatic rings. The molecule has 0 amide bonds. The molecule has 0 aromatic carbocycles. The van der Waals surface area contributed by atoms with Crippen LogP contribution in [0.2, 0.25) is 0 Å². The summed E-state index contributed by atoms with van der Waals surface area (Å²) in [5.41, 5.74) is 7.75. The Hall–Kier alpha value is -1.62. The first-order valence-corrected chi connectivity index (χ1v) is 6.01. The lowest BCUT2D eigenvalue weighted by Gasteiger charge is -2.24. The lowest BCUT2D eigenvalue weighted by atomic mass is 10.2. The van der Waals surface area contributed by atoms with Gasteiger partial charge in [-0.05, 0) is 31.0 Å². The number of nitrogens with two attached hydrogens (primary N) is 1. The zero-order chi connectivity index (χ0) is 12.3. The van der Waals surface area contributed by atoms with Crippen LogP contribution in [0.15, 0.2) is 18.5 Å². The molecule has 0 spiro atoms. The molecule has 0 fully saturated rings. The number of anilines is 1. The second kappa shape index (κ2) is 5.14. The van der Waals surface area contributed by atoms with Gasteiger partial charge in [-0.3, -0.25) is 0 Å². The maximum atomic E-state index is 5.67. The summed E-state index contributed by atoms with van der Waals surface area (Å²) in [7, 11) is 0. The number of aryl methyl sites for hydroxylation is 1. The minimum Gasteiger partial charge on any atom is -0.355 e. The number of pyridine rings is 1. The third-order valence-corrected chi connectivity index (χ3v) is 2.72. The number of hydrogen-bond acceptors (Lipinski definition) is 4. The molecule has 2 heterocycles. The van der Waals surface area contributed by atoms with Crippen LogP contribution < -0.4 is 10.6 Å². The van der Waals surface area contributed by atoms with Gasteiger partial charge in [0.1, 0.15) is 12.1 Å². The lowest BCUT2D eigenvalue weighted by molar-refractivity contribution is 0.732. The third-order valence-electron chi connectivity index (χ3n) is 2.72. The lowest BCUT2D eigenvalue weighted by Crippen LogP contribution is -2.31. The van der Waals surface area contributed by atoms with E-state index in [4.69, 9.17) is 5.73 Å². The Kier molecular flexibility index (Phi) is 3.58. The summed E-state index contributed by atoms with van der Waals surface area (Å²) in [6.07, 6.45) is 2.68. The molecule has 0 unspecified atom stereocenters. The molecule has 0 radical (unpaired) electrons. The number of hydrogen-bond donors (Lipinski definition) is 1. The average Bonchev–Trinajstić information content (AvgIpc) is 2.75. The largest absolute Gasteiger partial charge is 0.355 e. The van der Waals surface area contributed by atoms with E-state index in [9.17, 15) is 0 Å². The topological polar surface area (TPSA) is 59.5 Å². The van der Waals surface area contributed by atoms with E-state index in [1.54, 1.807) is 6.33 Å². The first-order chi connectivity index (χ1) is 8.26. The molecule has 0 atom stereocenters. The molecule has 0 bridgehead atoms. The smallest absolute Gasteiger partial charge is 0.157 e. The van der Waals surface area contributed by atoms with Crippen molar-refractivity contribution in [1.82, 2.24) is 14.6 Å². The minimum absolute atomic E-state index is 0.643. The molecule has 2 rings (SSSR count). The molecule has 2 N–H and O–H groups in total. The van der Waals surface area contributed by atoms with Crippen LogP contribution in [0, 0.1) is 6.92 Å². The molecular weight excluding hydrogens is 214 g/mol. The fourth-order valence-electron chi connectivity index (χ4n) is 2.03. The average molecular weight is 233 g/mol. The Labute approximate surface area is 101 Å². The van der Waals surface area contributed by atoms with Gasteiger partial charge in [-0.15, -0.1) is 0 Å². The van der Waals surface area contributed by atoms with Gasteiger partial charge in [-0.1, -0.05) is 6.92 Å². The van der Waals surface area contributed by atoms with Crippen molar-refractivity contribution in [3.05, 3.63) is 24.0 Å². The fraction of sp³-hybridized carbons (Fsp3) is 0.500. The van der Waals surface area contributed by atoms with Crippen molar-refractivity contribution < 1.29 is 0 Å². The van der Waals surface area contributed by atoms with Gasteiger partial charge in [0.05, 0.1) is 0 Å². The van der Waals surface area contributed by atoms with Crippen LogP contribution >= 0.6 is 0 Å². The molecule has 0 aliphatic heterocycles. The van der Waals surface area contributed by atoms with Gasteiger partial charge in [0, 0.05) is 19.6 Å². The third kappa shape index (κ3) is 2.39. The fourth-order valence-corrected chi connectivity index (χ4v) is 2.03. The number of fused-ring (bicyclic) bond motifs is 1. The molecule has 92 valence electrons. The van der Waals surface area contributed by atoms with E-state index in [-0.39, 0.29) is 0 Å². The van der Waals surface area contributed by atoms with Crippen molar-refractivity contribution in [3.63, 3.8) is 0 Å². The second-order valence-corrected chi connectivity index (χ2v) is 4.20. The monoisotopic (exact) mass is 233 g/mol. The van der Waals surface area contributed by atoms with E-state index < -0.39 is 0 Å². The van der Waals surface area contributed by atoms with Gasteiger partial charge in [0.15, 0.2) is 5.65 Å². The van der Waals surface area contributed by atoms with Crippen molar-refractivity contribution in [2.75, 3.05) is 24.5 Å². The predicted octanol–water partition coefficient (Wildman–Crippen LogP) is 1.21. The van der Waals surface area contributed by atoms with E-state index in [1.165, 1.54) is 5.56 Å². The molecule has 2 aromatic rings. The van der Waals surface area contributed by atoms with Gasteiger partial charge >= 0.3 is 0 Å². The van der Waals surface area contributed by atoms with Crippen LogP contribution in [0.3, 0.4) is 0 Å². The molecule has 5 heteroatoms. The summed E-state index contributed by atoms with van der Waals surface area (Å²) < 4.78 is 1.87. The van der Waals surface area contributed by atoms with Crippen molar-refractivity contribution in [2.24, 2.45) is 5.73 Å². The van der Waals surface area contributed by atoms with Gasteiger partial charge < -0.3 is 10.6 Å². The summed E-state index contributed by atoms with van der Waals surface area (Å²) in [5.74, 6) is 1.07. The molecule has 0 saturated heterocycles. The van der Waals surface area contributed by atoms with Crippen LogP contribution in [-0.4, -0.2) is 34.2 Å². The van der Waals surface area contributed by atoms with Crippen LogP contribution in [-0.2, 0) is 0 Å². The predicted molar refractivity (Wildman–Crippen MR) is 69.3 cm³/mol. The van der Waals surface area contributed by atoms with E-state index in [0.717, 1.165) is 31.0 Å². The van der Waals surface area contributed by atoms with Gasteiger partial charge in [-0.25, -0.2) is 4.98 Å². The number of nitrogens with zero attached hydrogens (tertiary/aromatic N) is 4. The van der Waals surface area contributed by atoms with E-state index in [2.05, 4.69) is 34.9 Å². The standard InChI is InChI=1S/C12H19N5/c1-3-5-16(6-4-13)12-8-10(2)7-11-14-9-15-17(11)12/h7-9H,3-6,13H2,1-2H3. The van der Waals surface area contributed by atoms with Crippen LogP contribution in [0.4, 0.5) is 5.82 Å². The van der Waals surface area contributed by atoms with E-state index in [1.807, 2.05) is 10.6 Å². The quantitative estimate of drug-likeness (QED) is 0.843. The Balaban J connectivity index is 2.46. The zero-order valence-electron chi connectivity index (χ0n) is 10.4. The Morgan fingerprint density at radius 3 is 2.88 bits per heavy atom. The van der Waals surface area contributed by atoms with Gasteiger partial charge in [0.2, 0.25) is 0 Å². The van der Waals surface area contributed by atoms with Crippen molar-refractivity contribution in [2.45, 2.75) is 20.3 Å². The molecule has 17 heavy (non-hydrogen) atoms.